The molecule has 3 fully saturated rings. The summed E-state index contributed by atoms with van der Waals surface area (Å²) in [4.78, 5) is 0. The number of fused-ring (bicyclic) bond motifs is 4. The Balaban J connectivity index is 1.91. The number of hydrogen-bond donors (Lipinski definition) is 1. The minimum Gasteiger partial charge on any atom is -0.388 e. The maximum Gasteiger partial charge on any atom is 0.184 e. The fourth-order valence-corrected chi connectivity index (χ4v) is 2.10. The molecule has 2 heterocycles. The second-order valence-corrected chi connectivity index (χ2v) is 3.43. The quantitative estimate of drug-likeness (QED) is 0.506. The van der Waals surface area contributed by atoms with Crippen molar-refractivity contribution in [2.45, 2.75) is 24.9 Å². The van der Waals surface area contributed by atoms with Crippen molar-refractivity contribution in [2.75, 3.05) is 6.61 Å². The Morgan fingerprint density at radius 2 is 2.20 bits per heavy atom. The van der Waals surface area contributed by atoms with Crippen LogP contribution in [-0.2, 0) is 9.47 Å². The van der Waals surface area contributed by atoms with Crippen molar-refractivity contribution in [3.63, 3.8) is 0 Å². The lowest BCUT2D eigenvalue weighted by atomic mass is 10.1. The summed E-state index contributed by atoms with van der Waals surface area (Å²) in [6.07, 6.45) is 0.807. The van der Waals surface area contributed by atoms with Gasteiger partial charge in [-0.3, -0.25) is 0 Å². The lowest BCUT2D eigenvalue weighted by Crippen LogP contribution is -2.34. The van der Waals surface area contributed by atoms with E-state index in [1.54, 1.807) is 0 Å². The van der Waals surface area contributed by atoms with Gasteiger partial charge in [0.05, 0.1) is 12.7 Å². The van der Waals surface area contributed by atoms with Crippen LogP contribution in [0, 0.1) is 11.8 Å². The Labute approximate surface area is 58.9 Å². The molecule has 0 unspecified atom stereocenters. The number of rotatable bonds is 0. The zero-order valence-electron chi connectivity index (χ0n) is 5.56. The molecular weight excluding hydrogens is 132 g/mol. The zero-order valence-corrected chi connectivity index (χ0v) is 5.56. The number of ether oxygens (including phenoxy) is 2. The summed E-state index contributed by atoms with van der Waals surface area (Å²) in [6.45, 7) is 0.697. The highest BCUT2D eigenvalue weighted by atomic mass is 16.7. The van der Waals surface area contributed by atoms with Gasteiger partial charge >= 0.3 is 0 Å². The van der Waals surface area contributed by atoms with E-state index in [4.69, 9.17) is 9.47 Å². The molecule has 2 saturated heterocycles. The van der Waals surface area contributed by atoms with Crippen LogP contribution in [0.3, 0.4) is 0 Å². The lowest BCUT2D eigenvalue weighted by molar-refractivity contribution is -0.157. The van der Waals surface area contributed by atoms with Crippen molar-refractivity contribution in [1.29, 1.82) is 0 Å². The van der Waals surface area contributed by atoms with Crippen LogP contribution in [0.15, 0.2) is 0 Å². The summed E-state index contributed by atoms with van der Waals surface area (Å²) in [6, 6.07) is 0. The maximum atomic E-state index is 9.46. The minimum absolute atomic E-state index is 0.297. The SMILES string of the molecule is O[C@H]1[C@@H]2OC[C@@H](O2)[C@H]2C[C@@H]12. The van der Waals surface area contributed by atoms with Gasteiger partial charge in [0.2, 0.25) is 0 Å². The van der Waals surface area contributed by atoms with Crippen LogP contribution in [0.4, 0.5) is 0 Å². The number of aliphatic hydroxyl groups excluding tert-OH is 1. The van der Waals surface area contributed by atoms with E-state index < -0.39 is 0 Å². The van der Waals surface area contributed by atoms with Crippen molar-refractivity contribution in [2.24, 2.45) is 11.8 Å². The average Bonchev–Trinajstić information content (AvgIpc) is 2.61. The van der Waals surface area contributed by atoms with Crippen LogP contribution >= 0.6 is 0 Å². The van der Waals surface area contributed by atoms with Gasteiger partial charge in [0, 0.05) is 0 Å². The third-order valence-electron chi connectivity index (χ3n) is 2.82. The van der Waals surface area contributed by atoms with E-state index in [1.165, 1.54) is 0 Å². The molecule has 5 atom stereocenters. The average molecular weight is 142 g/mol. The van der Waals surface area contributed by atoms with Gasteiger partial charge in [-0.1, -0.05) is 0 Å². The summed E-state index contributed by atoms with van der Waals surface area (Å²) < 4.78 is 10.6. The van der Waals surface area contributed by atoms with Crippen molar-refractivity contribution in [3.8, 4) is 0 Å². The summed E-state index contributed by atoms with van der Waals surface area (Å²) >= 11 is 0. The largest absolute Gasteiger partial charge is 0.388 e. The zero-order chi connectivity index (χ0) is 6.72. The Kier molecular flexibility index (Phi) is 0.854. The van der Waals surface area contributed by atoms with Crippen LogP contribution in [0.5, 0.6) is 0 Å². The summed E-state index contributed by atoms with van der Waals surface area (Å²) in [5.74, 6) is 1.10. The minimum atomic E-state index is -0.344. The van der Waals surface area contributed by atoms with E-state index >= 15 is 0 Å². The van der Waals surface area contributed by atoms with Gasteiger partial charge in [-0.05, 0) is 18.3 Å². The molecule has 0 aromatic carbocycles. The molecule has 0 aromatic heterocycles. The second kappa shape index (κ2) is 1.55. The van der Waals surface area contributed by atoms with Crippen molar-refractivity contribution >= 4 is 0 Å². The highest BCUT2D eigenvalue weighted by Gasteiger charge is 2.58. The standard InChI is InChI=1S/C7H10O3/c8-6-4-1-3(4)5-2-9-7(6)10-5/h3-8H,1-2H2/t3-,4+,5+,6+,7+/m0/s1. The molecule has 3 rings (SSSR count). The van der Waals surface area contributed by atoms with E-state index in [0.29, 0.717) is 24.5 Å². The van der Waals surface area contributed by atoms with E-state index in [0.717, 1.165) is 6.42 Å². The normalized spacial score (nSPS) is 63.9. The first-order chi connectivity index (χ1) is 4.86. The Morgan fingerprint density at radius 1 is 1.30 bits per heavy atom. The van der Waals surface area contributed by atoms with Gasteiger partial charge in [-0.2, -0.15) is 0 Å². The third kappa shape index (κ3) is 0.516. The van der Waals surface area contributed by atoms with Gasteiger partial charge in [-0.15, -0.1) is 0 Å². The van der Waals surface area contributed by atoms with Crippen LogP contribution in [0.2, 0.25) is 0 Å². The van der Waals surface area contributed by atoms with E-state index in [9.17, 15) is 5.11 Å². The molecule has 0 aromatic rings. The first kappa shape index (κ1) is 5.52. The van der Waals surface area contributed by atoms with Crippen LogP contribution in [-0.4, -0.2) is 30.2 Å². The molecule has 3 aliphatic rings. The summed E-state index contributed by atoms with van der Waals surface area (Å²) in [7, 11) is 0. The molecule has 10 heavy (non-hydrogen) atoms. The van der Waals surface area contributed by atoms with Crippen LogP contribution in [0.25, 0.3) is 0 Å². The van der Waals surface area contributed by atoms with Gasteiger partial charge in [0.25, 0.3) is 0 Å². The van der Waals surface area contributed by atoms with Crippen LogP contribution < -0.4 is 0 Å². The van der Waals surface area contributed by atoms with E-state index in [-0.39, 0.29) is 12.4 Å². The monoisotopic (exact) mass is 142 g/mol. The third-order valence-corrected chi connectivity index (χ3v) is 2.82. The molecule has 0 radical (unpaired) electrons. The Bertz CT molecular complexity index is 168. The Hall–Kier alpha value is -0.120. The molecule has 1 aliphatic carbocycles. The van der Waals surface area contributed by atoms with Crippen molar-refractivity contribution in [3.05, 3.63) is 0 Å². The first-order valence-electron chi connectivity index (χ1n) is 3.81. The van der Waals surface area contributed by atoms with E-state index in [1.807, 2.05) is 0 Å². The Morgan fingerprint density at radius 3 is 3.10 bits per heavy atom. The van der Waals surface area contributed by atoms with Crippen molar-refractivity contribution < 1.29 is 14.6 Å². The molecule has 2 aliphatic heterocycles. The van der Waals surface area contributed by atoms with E-state index in [2.05, 4.69) is 0 Å². The molecule has 1 saturated carbocycles. The highest BCUT2D eigenvalue weighted by molar-refractivity contribution is 5.03. The lowest BCUT2D eigenvalue weighted by Gasteiger charge is -2.22. The molecule has 3 heteroatoms. The molecule has 0 amide bonds. The molecule has 3 nitrogen and oxygen atoms in total. The fraction of sp³-hybridized carbons (Fsp3) is 1.00. The summed E-state index contributed by atoms with van der Waals surface area (Å²) in [5, 5.41) is 9.46. The second-order valence-electron chi connectivity index (χ2n) is 3.43. The predicted molar refractivity (Wildman–Crippen MR) is 32.2 cm³/mol. The first-order valence-corrected chi connectivity index (χ1v) is 3.81. The molecule has 0 spiro atoms. The smallest absolute Gasteiger partial charge is 0.184 e. The van der Waals surface area contributed by atoms with Gasteiger partial charge < -0.3 is 14.6 Å². The topological polar surface area (TPSA) is 38.7 Å². The van der Waals surface area contributed by atoms with Crippen LogP contribution in [0.1, 0.15) is 6.42 Å². The highest BCUT2D eigenvalue weighted by Crippen LogP contribution is 2.52. The summed E-state index contributed by atoms with van der Waals surface area (Å²) in [5.41, 5.74) is 0. The molecule has 56 valence electrons. The van der Waals surface area contributed by atoms with Gasteiger partial charge in [0.1, 0.15) is 6.10 Å². The van der Waals surface area contributed by atoms with Gasteiger partial charge in [-0.25, -0.2) is 0 Å². The molecule has 1 N–H and O–H groups in total. The van der Waals surface area contributed by atoms with Gasteiger partial charge in [0.15, 0.2) is 6.29 Å². The molecule has 2 bridgehead atoms. The predicted octanol–water partition coefficient (Wildman–Crippen LogP) is -0.262. The number of aliphatic hydroxyl groups is 1. The molecular formula is C7H10O3. The maximum absolute atomic E-state index is 9.46. The fourth-order valence-electron chi connectivity index (χ4n) is 2.10. The number of hydrogen-bond acceptors (Lipinski definition) is 3. The van der Waals surface area contributed by atoms with Crippen molar-refractivity contribution in [1.82, 2.24) is 0 Å².